The summed E-state index contributed by atoms with van der Waals surface area (Å²) in [6.07, 6.45) is 47.8. The number of allylic oxidation sites excluding steroid dienone is 6. The third-order valence-electron chi connectivity index (χ3n) is 15.9. The monoisotopic (exact) mass is 1140 g/mol. The van der Waals surface area contributed by atoms with E-state index < -0.39 is 80.7 Å². The number of ether oxygens (including phenoxy) is 6. The first-order chi connectivity index (χ1) is 39.1. The van der Waals surface area contributed by atoms with Gasteiger partial charge in [-0.1, -0.05) is 256 Å². The molecule has 0 aliphatic carbocycles. The van der Waals surface area contributed by atoms with Gasteiger partial charge in [0.2, 0.25) is 0 Å². The molecule has 0 amide bonds. The van der Waals surface area contributed by atoms with E-state index >= 15 is 0 Å². The van der Waals surface area contributed by atoms with Crippen molar-refractivity contribution in [1.29, 1.82) is 0 Å². The number of unbranched alkanes of at least 4 members (excludes halogenated alkanes) is 35. The van der Waals surface area contributed by atoms with Gasteiger partial charge in [-0.3, -0.25) is 4.79 Å². The van der Waals surface area contributed by atoms with Crippen molar-refractivity contribution >= 4 is 5.97 Å². The van der Waals surface area contributed by atoms with E-state index in [1.807, 2.05) is 0 Å². The Morgan fingerprint density at radius 2 is 0.775 bits per heavy atom. The fourth-order valence-electron chi connectivity index (χ4n) is 10.6. The molecule has 0 bridgehead atoms. The molecular weight excluding hydrogens is 1020 g/mol. The number of aliphatic hydroxyl groups excluding tert-OH is 7. The van der Waals surface area contributed by atoms with Gasteiger partial charge in [-0.05, 0) is 51.4 Å². The van der Waals surface area contributed by atoms with Crippen molar-refractivity contribution in [1.82, 2.24) is 0 Å². The van der Waals surface area contributed by atoms with Gasteiger partial charge in [0.1, 0.15) is 54.9 Å². The van der Waals surface area contributed by atoms with E-state index in [1.165, 1.54) is 193 Å². The van der Waals surface area contributed by atoms with Crippen LogP contribution in [-0.2, 0) is 33.2 Å². The summed E-state index contributed by atoms with van der Waals surface area (Å²) < 4.78 is 34.5. The fraction of sp³-hybridized carbons (Fsp3) is 0.894. The predicted octanol–water partition coefficient (Wildman–Crippen LogP) is 13.3. The first-order valence-electron chi connectivity index (χ1n) is 33.1. The standard InChI is InChI=1S/C66H122O14/c1-3-5-7-9-11-13-15-17-19-21-23-25-27-29-31-33-35-37-39-41-43-45-47-49-58(68)78-55(53-76-65-64(74)62(72)60(70)57(80-65)54-77-66-63(73)61(71)59(69)56(51-67)79-66)52-75-50-48-46-44-42-40-38-36-34-32-30-28-26-24-22-20-18-16-14-12-10-8-6-4-2/h15,17,21,23,27,29,55-57,59-67,69-74H,3-14,16,18-20,22,24-26,28,30-54H2,1-2H3/b17-15-,23-21-,29-27-. The lowest BCUT2D eigenvalue weighted by Gasteiger charge is -2.42. The van der Waals surface area contributed by atoms with E-state index in [-0.39, 0.29) is 25.6 Å². The Morgan fingerprint density at radius 3 is 1.21 bits per heavy atom. The lowest BCUT2D eigenvalue weighted by molar-refractivity contribution is -0.332. The first kappa shape index (κ1) is 74.3. The van der Waals surface area contributed by atoms with Crippen molar-refractivity contribution < 1.29 is 69.0 Å². The molecule has 7 N–H and O–H groups in total. The Balaban J connectivity index is 1.67. The highest BCUT2D eigenvalue weighted by Gasteiger charge is 2.47. The summed E-state index contributed by atoms with van der Waals surface area (Å²) in [7, 11) is 0. The molecule has 0 saturated carbocycles. The molecule has 0 aromatic heterocycles. The molecule has 0 spiro atoms. The minimum atomic E-state index is -1.71. The van der Waals surface area contributed by atoms with Crippen LogP contribution in [0.4, 0.5) is 0 Å². The third kappa shape index (κ3) is 38.2. The van der Waals surface area contributed by atoms with Crippen molar-refractivity contribution in [2.45, 2.75) is 345 Å². The molecule has 80 heavy (non-hydrogen) atoms. The number of carbonyl (C=O) groups excluding carboxylic acids is 1. The van der Waals surface area contributed by atoms with Crippen LogP contribution in [0.1, 0.15) is 277 Å². The van der Waals surface area contributed by atoms with Gasteiger partial charge in [0.05, 0.1) is 26.4 Å². The van der Waals surface area contributed by atoms with E-state index in [1.54, 1.807) is 0 Å². The van der Waals surface area contributed by atoms with Crippen molar-refractivity contribution in [3.05, 3.63) is 36.5 Å². The van der Waals surface area contributed by atoms with Crippen LogP contribution in [0, 0.1) is 0 Å². The number of rotatable bonds is 55. The molecule has 2 heterocycles. The van der Waals surface area contributed by atoms with Crippen molar-refractivity contribution in [3.63, 3.8) is 0 Å². The number of carbonyl (C=O) groups is 1. The van der Waals surface area contributed by atoms with Gasteiger partial charge in [0.15, 0.2) is 12.6 Å². The highest BCUT2D eigenvalue weighted by molar-refractivity contribution is 5.69. The van der Waals surface area contributed by atoms with E-state index in [0.29, 0.717) is 13.0 Å². The second-order valence-corrected chi connectivity index (χ2v) is 23.3. The van der Waals surface area contributed by atoms with Crippen molar-refractivity contribution in [3.8, 4) is 0 Å². The highest BCUT2D eigenvalue weighted by Crippen LogP contribution is 2.27. The molecule has 2 aliphatic heterocycles. The van der Waals surface area contributed by atoms with Gasteiger partial charge in [0.25, 0.3) is 0 Å². The van der Waals surface area contributed by atoms with Gasteiger partial charge in [0, 0.05) is 13.0 Å². The number of hydrogen-bond donors (Lipinski definition) is 7. The molecule has 0 aromatic carbocycles. The van der Waals surface area contributed by atoms with Crippen LogP contribution in [0.15, 0.2) is 36.5 Å². The average molecular weight is 1140 g/mol. The lowest BCUT2D eigenvalue weighted by atomic mass is 9.98. The summed E-state index contributed by atoms with van der Waals surface area (Å²) in [5.74, 6) is -0.378. The number of esters is 1. The lowest BCUT2D eigenvalue weighted by Crippen LogP contribution is -2.61. The normalized spacial score (nSPS) is 24.0. The van der Waals surface area contributed by atoms with Crippen LogP contribution < -0.4 is 0 Å². The topological polar surface area (TPSA) is 214 Å². The molecule has 14 heteroatoms. The predicted molar refractivity (Wildman–Crippen MR) is 321 cm³/mol. The Kier molecular flexibility index (Phi) is 49.0. The smallest absolute Gasteiger partial charge is 0.306 e. The Hall–Kier alpha value is -1.79. The molecule has 2 saturated heterocycles. The van der Waals surface area contributed by atoms with E-state index in [2.05, 4.69) is 50.3 Å². The summed E-state index contributed by atoms with van der Waals surface area (Å²) >= 11 is 0. The molecule has 2 aliphatic rings. The SMILES string of the molecule is CCCCCCC/C=C\C/C=C\C/C=C\CCCCCCCCCCC(=O)OC(COCCCCCCCCCCCCCCCCCCCCCCCCC)COC1OC(COC2OC(CO)C(O)C(O)C2O)C(O)C(O)C1O. The molecular formula is C66H122O14. The Labute approximate surface area is 487 Å². The average Bonchev–Trinajstić information content (AvgIpc) is 3.46. The van der Waals surface area contributed by atoms with Crippen LogP contribution in [0.25, 0.3) is 0 Å². The second kappa shape index (κ2) is 52.7. The van der Waals surface area contributed by atoms with Crippen LogP contribution in [-0.4, -0.2) is 142 Å². The van der Waals surface area contributed by atoms with E-state index in [0.717, 1.165) is 57.8 Å². The molecule has 2 fully saturated rings. The maximum atomic E-state index is 13.1. The fourth-order valence-corrected chi connectivity index (χ4v) is 10.6. The van der Waals surface area contributed by atoms with Crippen LogP contribution in [0.5, 0.6) is 0 Å². The summed E-state index contributed by atoms with van der Waals surface area (Å²) in [5, 5.41) is 72.5. The molecule has 0 aromatic rings. The molecule has 11 unspecified atom stereocenters. The van der Waals surface area contributed by atoms with E-state index in [4.69, 9.17) is 28.4 Å². The summed E-state index contributed by atoms with van der Waals surface area (Å²) in [6, 6.07) is 0. The summed E-state index contributed by atoms with van der Waals surface area (Å²) in [5.41, 5.74) is 0. The quantitative estimate of drug-likeness (QED) is 0.0172. The van der Waals surface area contributed by atoms with Crippen LogP contribution >= 0.6 is 0 Å². The Bertz CT molecular complexity index is 1460. The van der Waals surface area contributed by atoms with Crippen molar-refractivity contribution in [2.24, 2.45) is 0 Å². The zero-order chi connectivity index (χ0) is 57.9. The van der Waals surface area contributed by atoms with Gasteiger partial charge in [-0.2, -0.15) is 0 Å². The van der Waals surface area contributed by atoms with Crippen LogP contribution in [0.3, 0.4) is 0 Å². The van der Waals surface area contributed by atoms with Gasteiger partial charge < -0.3 is 64.2 Å². The third-order valence-corrected chi connectivity index (χ3v) is 15.9. The minimum Gasteiger partial charge on any atom is -0.457 e. The summed E-state index contributed by atoms with van der Waals surface area (Å²) in [6.45, 7) is 3.73. The number of aliphatic hydroxyl groups is 7. The second-order valence-electron chi connectivity index (χ2n) is 23.3. The maximum Gasteiger partial charge on any atom is 0.306 e. The van der Waals surface area contributed by atoms with Gasteiger partial charge >= 0.3 is 5.97 Å². The highest BCUT2D eigenvalue weighted by atomic mass is 16.7. The zero-order valence-corrected chi connectivity index (χ0v) is 50.8. The van der Waals surface area contributed by atoms with Crippen molar-refractivity contribution in [2.75, 3.05) is 33.0 Å². The molecule has 14 nitrogen and oxygen atoms in total. The van der Waals surface area contributed by atoms with Crippen LogP contribution in [0.2, 0.25) is 0 Å². The van der Waals surface area contributed by atoms with Gasteiger partial charge in [-0.25, -0.2) is 0 Å². The first-order valence-corrected chi connectivity index (χ1v) is 33.1. The number of hydrogen-bond acceptors (Lipinski definition) is 14. The van der Waals surface area contributed by atoms with Gasteiger partial charge in [-0.15, -0.1) is 0 Å². The minimum absolute atomic E-state index is 0.0622. The summed E-state index contributed by atoms with van der Waals surface area (Å²) in [4.78, 5) is 13.1. The largest absolute Gasteiger partial charge is 0.457 e. The molecule has 2 rings (SSSR count). The van der Waals surface area contributed by atoms with E-state index in [9.17, 15) is 40.5 Å². The Morgan fingerprint density at radius 1 is 0.412 bits per heavy atom. The molecule has 0 radical (unpaired) electrons. The maximum absolute atomic E-state index is 13.1. The molecule has 470 valence electrons. The zero-order valence-electron chi connectivity index (χ0n) is 50.8. The molecule has 11 atom stereocenters.